The highest BCUT2D eigenvalue weighted by atomic mass is 32.2. The summed E-state index contributed by atoms with van der Waals surface area (Å²) in [4.78, 5) is 13.9. The van der Waals surface area contributed by atoms with Crippen LogP contribution in [0.25, 0.3) is 11.0 Å². The maximum atomic E-state index is 11.6. The lowest BCUT2D eigenvalue weighted by Gasteiger charge is -2.31. The molecule has 2 aromatic rings. The Kier molecular flexibility index (Phi) is 4.22. The molecule has 3 rings (SSSR count). The zero-order valence-corrected chi connectivity index (χ0v) is 12.9. The zero-order chi connectivity index (χ0) is 14.8. The number of para-hydroxylation sites is 1. The largest absolute Gasteiger partial charge is 0.478 e. The molecule has 5 heteroatoms. The van der Waals surface area contributed by atoms with E-state index in [4.69, 9.17) is 4.42 Å². The van der Waals surface area contributed by atoms with Gasteiger partial charge in [0.15, 0.2) is 0 Å². The van der Waals surface area contributed by atoms with Crippen LogP contribution in [-0.4, -0.2) is 40.1 Å². The maximum absolute atomic E-state index is 11.6. The number of thioether (sulfide) groups is 1. The van der Waals surface area contributed by atoms with Crippen molar-refractivity contribution >= 4 is 28.7 Å². The quantitative estimate of drug-likeness (QED) is 0.937. The van der Waals surface area contributed by atoms with E-state index < -0.39 is 5.97 Å². The van der Waals surface area contributed by atoms with Crippen molar-refractivity contribution in [2.45, 2.75) is 25.1 Å². The molecule has 1 aromatic heterocycles. The van der Waals surface area contributed by atoms with Crippen molar-refractivity contribution in [1.29, 1.82) is 0 Å². The number of nitrogens with zero attached hydrogens (tertiary/aromatic N) is 1. The first kappa shape index (κ1) is 14.5. The summed E-state index contributed by atoms with van der Waals surface area (Å²) < 4.78 is 5.80. The van der Waals surface area contributed by atoms with E-state index in [0.29, 0.717) is 34.1 Å². The first-order valence-electron chi connectivity index (χ1n) is 7.26. The minimum atomic E-state index is -0.909. The van der Waals surface area contributed by atoms with Crippen molar-refractivity contribution < 1.29 is 14.3 Å². The van der Waals surface area contributed by atoms with Crippen molar-refractivity contribution in [3.8, 4) is 0 Å². The Bertz CT molecular complexity index is 652. The van der Waals surface area contributed by atoms with Crippen LogP contribution in [0.2, 0.25) is 0 Å². The van der Waals surface area contributed by atoms with Gasteiger partial charge in [-0.05, 0) is 12.5 Å². The summed E-state index contributed by atoms with van der Waals surface area (Å²) >= 11 is 2.00. The molecule has 4 nitrogen and oxygen atoms in total. The molecule has 1 N–H and O–H groups in total. The molecule has 1 atom stereocenters. The summed E-state index contributed by atoms with van der Waals surface area (Å²) in [7, 11) is 0. The highest BCUT2D eigenvalue weighted by molar-refractivity contribution is 8.00. The van der Waals surface area contributed by atoms with Crippen molar-refractivity contribution in [1.82, 2.24) is 4.90 Å². The fraction of sp³-hybridized carbons (Fsp3) is 0.438. The molecule has 1 aliphatic rings. The number of furan rings is 1. The molecule has 2 heterocycles. The molecule has 1 fully saturated rings. The number of carboxylic acids is 1. The fourth-order valence-electron chi connectivity index (χ4n) is 2.82. The molecule has 0 amide bonds. The Morgan fingerprint density at radius 2 is 2.29 bits per heavy atom. The number of rotatable bonds is 4. The van der Waals surface area contributed by atoms with Gasteiger partial charge in [-0.3, -0.25) is 4.90 Å². The third-order valence-electron chi connectivity index (χ3n) is 3.93. The van der Waals surface area contributed by atoms with Gasteiger partial charge in [0.25, 0.3) is 0 Å². The van der Waals surface area contributed by atoms with Gasteiger partial charge in [-0.15, -0.1) is 0 Å². The molecular formula is C16H19NO3S. The molecule has 0 radical (unpaired) electrons. The van der Waals surface area contributed by atoms with Crippen LogP contribution in [0.3, 0.4) is 0 Å². The number of benzene rings is 1. The number of aromatic carboxylic acids is 1. The molecule has 0 aliphatic carbocycles. The Labute approximate surface area is 128 Å². The number of fused-ring (bicyclic) bond motifs is 1. The predicted octanol–water partition coefficient (Wildman–Crippen LogP) is 3.46. The van der Waals surface area contributed by atoms with Gasteiger partial charge >= 0.3 is 5.97 Å². The molecule has 112 valence electrons. The van der Waals surface area contributed by atoms with E-state index in [1.165, 1.54) is 0 Å². The average Bonchev–Trinajstić information content (AvgIpc) is 2.85. The van der Waals surface area contributed by atoms with Gasteiger partial charge in [0, 0.05) is 29.5 Å². The van der Waals surface area contributed by atoms with Crippen molar-refractivity contribution in [2.75, 3.05) is 18.8 Å². The molecule has 0 spiro atoms. The summed E-state index contributed by atoms with van der Waals surface area (Å²) in [5.74, 6) is 0.764. The first-order chi connectivity index (χ1) is 10.2. The summed E-state index contributed by atoms with van der Waals surface area (Å²) in [5.41, 5.74) is 0.972. The van der Waals surface area contributed by atoms with Crippen LogP contribution in [0.4, 0.5) is 0 Å². The van der Waals surface area contributed by atoms with Gasteiger partial charge in [0.05, 0.1) is 6.54 Å². The van der Waals surface area contributed by atoms with Crippen LogP contribution in [0.1, 0.15) is 29.5 Å². The van der Waals surface area contributed by atoms with E-state index in [2.05, 4.69) is 11.8 Å². The molecule has 1 aliphatic heterocycles. The zero-order valence-electron chi connectivity index (χ0n) is 12.0. The van der Waals surface area contributed by atoms with Crippen LogP contribution in [0.15, 0.2) is 28.7 Å². The Morgan fingerprint density at radius 3 is 3.05 bits per heavy atom. The fourth-order valence-corrected chi connectivity index (χ4v) is 4.06. The standard InChI is InChI=1S/C16H19NO3S/c1-2-11-9-17(7-8-21-11)10-14-15(16(18)19)12-5-3-4-6-13(12)20-14/h3-6,11H,2,7-10H2,1H3,(H,18,19). The van der Waals surface area contributed by atoms with E-state index in [1.807, 2.05) is 36.0 Å². The predicted molar refractivity (Wildman–Crippen MR) is 85.0 cm³/mol. The molecule has 1 aromatic carbocycles. The minimum Gasteiger partial charge on any atom is -0.478 e. The van der Waals surface area contributed by atoms with Crippen molar-refractivity contribution in [3.63, 3.8) is 0 Å². The van der Waals surface area contributed by atoms with Gasteiger partial charge in [0.2, 0.25) is 0 Å². The van der Waals surface area contributed by atoms with E-state index in [1.54, 1.807) is 0 Å². The Hall–Kier alpha value is -1.46. The van der Waals surface area contributed by atoms with Crippen LogP contribution in [-0.2, 0) is 6.54 Å². The molecule has 1 saturated heterocycles. The summed E-state index contributed by atoms with van der Waals surface area (Å²) in [6.45, 7) is 4.76. The topological polar surface area (TPSA) is 53.7 Å². The summed E-state index contributed by atoms with van der Waals surface area (Å²) in [5, 5.41) is 10.8. The lowest BCUT2D eigenvalue weighted by Crippen LogP contribution is -2.37. The van der Waals surface area contributed by atoms with Crippen LogP contribution >= 0.6 is 11.8 Å². The first-order valence-corrected chi connectivity index (χ1v) is 8.31. The SMILES string of the molecule is CCC1CN(Cc2oc3ccccc3c2C(=O)O)CCS1. The second-order valence-corrected chi connectivity index (χ2v) is 6.75. The van der Waals surface area contributed by atoms with Gasteiger partial charge in [-0.1, -0.05) is 25.1 Å². The monoisotopic (exact) mass is 305 g/mol. The summed E-state index contributed by atoms with van der Waals surface area (Å²) in [6, 6.07) is 7.35. The van der Waals surface area contributed by atoms with Crippen molar-refractivity contribution in [2.24, 2.45) is 0 Å². The normalized spacial score (nSPS) is 20.0. The highest BCUT2D eigenvalue weighted by Gasteiger charge is 2.25. The number of hydrogen-bond donors (Lipinski definition) is 1. The van der Waals surface area contributed by atoms with Crippen LogP contribution in [0, 0.1) is 0 Å². The molecule has 21 heavy (non-hydrogen) atoms. The van der Waals surface area contributed by atoms with Gasteiger partial charge in [-0.25, -0.2) is 4.79 Å². The lowest BCUT2D eigenvalue weighted by atomic mass is 10.1. The van der Waals surface area contributed by atoms with E-state index >= 15 is 0 Å². The van der Waals surface area contributed by atoms with E-state index in [9.17, 15) is 9.90 Å². The molecule has 0 bridgehead atoms. The smallest absolute Gasteiger partial charge is 0.339 e. The van der Waals surface area contributed by atoms with Crippen LogP contribution in [0.5, 0.6) is 0 Å². The van der Waals surface area contributed by atoms with Crippen LogP contribution < -0.4 is 0 Å². The lowest BCUT2D eigenvalue weighted by molar-refractivity contribution is 0.0694. The number of carboxylic acid groups (broad SMARTS) is 1. The summed E-state index contributed by atoms with van der Waals surface area (Å²) in [6.07, 6.45) is 1.15. The van der Waals surface area contributed by atoms with Gasteiger partial charge < -0.3 is 9.52 Å². The molecular weight excluding hydrogens is 286 g/mol. The minimum absolute atomic E-state index is 0.317. The van der Waals surface area contributed by atoms with Gasteiger partial charge in [0.1, 0.15) is 16.9 Å². The van der Waals surface area contributed by atoms with E-state index in [-0.39, 0.29) is 0 Å². The second-order valence-electron chi connectivity index (χ2n) is 5.34. The molecule has 1 unspecified atom stereocenters. The molecule has 0 saturated carbocycles. The Morgan fingerprint density at radius 1 is 1.48 bits per heavy atom. The number of hydrogen-bond acceptors (Lipinski definition) is 4. The number of carbonyl (C=O) groups is 1. The third kappa shape index (κ3) is 2.94. The van der Waals surface area contributed by atoms with Gasteiger partial charge in [-0.2, -0.15) is 11.8 Å². The maximum Gasteiger partial charge on any atom is 0.339 e. The highest BCUT2D eigenvalue weighted by Crippen LogP contribution is 2.29. The van der Waals surface area contributed by atoms with Crippen molar-refractivity contribution in [3.05, 3.63) is 35.6 Å². The second kappa shape index (κ2) is 6.12. The van der Waals surface area contributed by atoms with E-state index in [0.717, 1.165) is 25.3 Å². The Balaban J connectivity index is 1.89. The third-order valence-corrected chi connectivity index (χ3v) is 5.30. The average molecular weight is 305 g/mol.